The molecule has 0 saturated heterocycles. The average molecular weight is 484 g/mol. The predicted molar refractivity (Wildman–Crippen MR) is 136 cm³/mol. The number of esters is 1. The van der Waals surface area contributed by atoms with Crippen molar-refractivity contribution in [2.75, 3.05) is 17.2 Å². The largest absolute Gasteiger partial charge is 0.462 e. The van der Waals surface area contributed by atoms with Crippen LogP contribution in [0.4, 0.5) is 11.5 Å². The number of rotatable bonds is 5. The Kier molecular flexibility index (Phi) is 5.75. The second-order valence-corrected chi connectivity index (χ2v) is 8.87. The second-order valence-electron chi connectivity index (χ2n) is 8.87. The van der Waals surface area contributed by atoms with Crippen LogP contribution in [-0.2, 0) is 16.0 Å². The highest BCUT2D eigenvalue weighted by atomic mass is 16.5. The predicted octanol–water partition coefficient (Wildman–Crippen LogP) is 4.27. The Labute approximate surface area is 207 Å². The zero-order valence-corrected chi connectivity index (χ0v) is 20.4. The van der Waals surface area contributed by atoms with Crippen LogP contribution in [0.3, 0.4) is 0 Å². The Hall–Kier alpha value is -4.53. The Morgan fingerprint density at radius 2 is 1.92 bits per heavy atom. The molecule has 0 spiro atoms. The van der Waals surface area contributed by atoms with E-state index in [1.54, 1.807) is 25.1 Å². The van der Waals surface area contributed by atoms with Gasteiger partial charge in [-0.15, -0.1) is 0 Å². The molecule has 36 heavy (non-hydrogen) atoms. The van der Waals surface area contributed by atoms with Crippen LogP contribution >= 0.6 is 0 Å². The van der Waals surface area contributed by atoms with Gasteiger partial charge in [-0.25, -0.2) is 9.78 Å². The molecule has 3 heterocycles. The summed E-state index contributed by atoms with van der Waals surface area (Å²) >= 11 is 0. The molecule has 9 nitrogen and oxygen atoms in total. The van der Waals surface area contributed by atoms with Gasteiger partial charge in [-0.1, -0.05) is 11.6 Å². The van der Waals surface area contributed by atoms with E-state index in [1.807, 2.05) is 26.8 Å². The quantitative estimate of drug-likeness (QED) is 0.410. The van der Waals surface area contributed by atoms with Crippen molar-refractivity contribution in [1.29, 1.82) is 0 Å². The fourth-order valence-corrected chi connectivity index (χ4v) is 4.49. The van der Waals surface area contributed by atoms with E-state index < -0.39 is 11.9 Å². The van der Waals surface area contributed by atoms with E-state index in [2.05, 4.69) is 27.9 Å². The van der Waals surface area contributed by atoms with Crippen LogP contribution in [0.2, 0.25) is 0 Å². The summed E-state index contributed by atoms with van der Waals surface area (Å²) in [5, 5.41) is 11.0. The van der Waals surface area contributed by atoms with E-state index in [9.17, 15) is 14.4 Å². The summed E-state index contributed by atoms with van der Waals surface area (Å²) in [5.41, 5.74) is 5.85. The first-order chi connectivity index (χ1) is 17.2. The molecule has 182 valence electrons. The summed E-state index contributed by atoms with van der Waals surface area (Å²) in [6.45, 7) is 7.90. The van der Waals surface area contributed by atoms with E-state index in [1.165, 1.54) is 10.9 Å². The smallest absolute Gasteiger partial charge is 0.343 e. The first kappa shape index (κ1) is 23.2. The van der Waals surface area contributed by atoms with E-state index in [0.717, 1.165) is 33.2 Å². The number of carbonyl (C=O) groups excluding carboxylic acids is 3. The lowest BCUT2D eigenvalue weighted by molar-refractivity contribution is -0.115. The van der Waals surface area contributed by atoms with Gasteiger partial charge in [0.25, 0.3) is 5.91 Å². The zero-order valence-electron chi connectivity index (χ0n) is 20.4. The van der Waals surface area contributed by atoms with Crippen molar-refractivity contribution in [1.82, 2.24) is 14.8 Å². The topological polar surface area (TPSA) is 115 Å². The minimum absolute atomic E-state index is 0.114. The Morgan fingerprint density at radius 3 is 2.69 bits per heavy atom. The number of ether oxygens (including phenoxy) is 1. The van der Waals surface area contributed by atoms with Gasteiger partial charge >= 0.3 is 5.97 Å². The van der Waals surface area contributed by atoms with Crippen molar-refractivity contribution >= 4 is 40.2 Å². The maximum Gasteiger partial charge on any atom is 0.343 e. The summed E-state index contributed by atoms with van der Waals surface area (Å²) < 4.78 is 6.63. The third kappa shape index (κ3) is 4.08. The van der Waals surface area contributed by atoms with Crippen molar-refractivity contribution in [3.63, 3.8) is 0 Å². The highest BCUT2D eigenvalue weighted by molar-refractivity contribution is 6.09. The molecule has 1 aliphatic heterocycles. The van der Waals surface area contributed by atoms with Crippen LogP contribution in [-0.4, -0.2) is 39.2 Å². The van der Waals surface area contributed by atoms with Crippen LogP contribution in [0, 0.1) is 20.8 Å². The van der Waals surface area contributed by atoms with Crippen LogP contribution < -0.4 is 10.6 Å². The number of anilines is 2. The summed E-state index contributed by atoms with van der Waals surface area (Å²) in [4.78, 5) is 42.5. The molecule has 1 aliphatic rings. The van der Waals surface area contributed by atoms with Gasteiger partial charge in [-0.3, -0.25) is 9.59 Å². The lowest BCUT2D eigenvalue weighted by Gasteiger charge is -2.14. The lowest BCUT2D eigenvalue weighted by Crippen LogP contribution is -2.18. The molecule has 0 radical (unpaired) electrons. The van der Waals surface area contributed by atoms with Gasteiger partial charge in [0, 0.05) is 16.6 Å². The zero-order chi connectivity index (χ0) is 25.6. The molecule has 4 aromatic rings. The lowest BCUT2D eigenvalue weighted by atomic mass is 10.0. The number of aryl methyl sites for hydroxylation is 3. The molecule has 0 bridgehead atoms. The third-order valence-electron chi connectivity index (χ3n) is 6.15. The molecule has 5 rings (SSSR count). The molecule has 0 fully saturated rings. The minimum Gasteiger partial charge on any atom is -0.462 e. The Morgan fingerprint density at radius 1 is 1.11 bits per heavy atom. The highest BCUT2D eigenvalue weighted by Gasteiger charge is 2.25. The maximum absolute atomic E-state index is 13.3. The number of pyridine rings is 1. The van der Waals surface area contributed by atoms with Crippen LogP contribution in [0.25, 0.3) is 16.7 Å². The van der Waals surface area contributed by atoms with Crippen molar-refractivity contribution in [2.45, 2.75) is 34.1 Å². The summed E-state index contributed by atoms with van der Waals surface area (Å²) in [6.07, 6.45) is 1.57. The van der Waals surface area contributed by atoms with Gasteiger partial charge in [0.2, 0.25) is 5.91 Å². The molecular weight excluding hydrogens is 458 g/mol. The summed E-state index contributed by atoms with van der Waals surface area (Å²) in [7, 11) is 0. The van der Waals surface area contributed by atoms with E-state index in [0.29, 0.717) is 17.1 Å². The number of nitrogens with one attached hydrogen (secondary N) is 2. The Balaban J connectivity index is 1.59. The van der Waals surface area contributed by atoms with Gasteiger partial charge in [0.15, 0.2) is 11.6 Å². The molecule has 0 aliphatic carbocycles. The molecule has 0 atom stereocenters. The SMILES string of the molecule is CCOC(=O)c1cnn(-c2cc(C)c3cc(C)cc(C)c3n2)c1NC(=O)c1ccc2c(c1)CC(=O)N2. The fourth-order valence-electron chi connectivity index (χ4n) is 4.49. The standard InChI is InChI=1S/C27H25N5O4/c1-5-36-27(35)20-13-28-32(22-10-15(3)19-9-14(2)8-16(4)24(19)30-22)25(20)31-26(34)17-6-7-21-18(11-17)12-23(33)29-21/h6-11,13H,5,12H2,1-4H3,(H,29,33)(H,31,34). The molecule has 2 N–H and O–H groups in total. The third-order valence-corrected chi connectivity index (χ3v) is 6.15. The van der Waals surface area contributed by atoms with Crippen molar-refractivity contribution in [3.8, 4) is 5.82 Å². The van der Waals surface area contributed by atoms with Gasteiger partial charge in [-0.2, -0.15) is 9.78 Å². The molecule has 0 unspecified atom stereocenters. The van der Waals surface area contributed by atoms with Crippen molar-refractivity contribution in [2.24, 2.45) is 0 Å². The monoisotopic (exact) mass is 483 g/mol. The van der Waals surface area contributed by atoms with Gasteiger partial charge in [0.05, 0.1) is 24.7 Å². The molecule has 2 aromatic carbocycles. The van der Waals surface area contributed by atoms with Crippen LogP contribution in [0.5, 0.6) is 0 Å². The number of carbonyl (C=O) groups is 3. The van der Waals surface area contributed by atoms with Gasteiger partial charge in [-0.05, 0) is 74.7 Å². The molecule has 2 amide bonds. The highest BCUT2D eigenvalue weighted by Crippen LogP contribution is 2.28. The number of benzene rings is 2. The molecule has 9 heteroatoms. The maximum atomic E-state index is 13.3. The van der Waals surface area contributed by atoms with Crippen molar-refractivity contribution in [3.05, 3.63) is 76.0 Å². The summed E-state index contributed by atoms with van der Waals surface area (Å²) in [6, 6.07) is 11.0. The number of aromatic nitrogens is 3. The molecular formula is C27H25N5O4. The van der Waals surface area contributed by atoms with E-state index in [4.69, 9.17) is 9.72 Å². The second kappa shape index (κ2) is 8.92. The fraction of sp³-hybridized carbons (Fsp3) is 0.222. The normalized spacial score (nSPS) is 12.4. The number of hydrogen-bond donors (Lipinski definition) is 2. The summed E-state index contributed by atoms with van der Waals surface area (Å²) in [5.74, 6) is -0.555. The van der Waals surface area contributed by atoms with Gasteiger partial charge < -0.3 is 15.4 Å². The molecule has 0 saturated carbocycles. The van der Waals surface area contributed by atoms with Gasteiger partial charge in [0.1, 0.15) is 5.56 Å². The number of fused-ring (bicyclic) bond motifs is 2. The van der Waals surface area contributed by atoms with Crippen molar-refractivity contribution < 1.29 is 19.1 Å². The molecule has 2 aromatic heterocycles. The minimum atomic E-state index is -0.605. The Bertz CT molecular complexity index is 1570. The first-order valence-corrected chi connectivity index (χ1v) is 11.6. The van der Waals surface area contributed by atoms with Crippen LogP contribution in [0.15, 0.2) is 42.6 Å². The van der Waals surface area contributed by atoms with Crippen LogP contribution in [0.1, 0.15) is 49.9 Å². The van der Waals surface area contributed by atoms with E-state index >= 15 is 0 Å². The average Bonchev–Trinajstić information content (AvgIpc) is 3.41. The first-order valence-electron chi connectivity index (χ1n) is 11.6. The number of hydrogen-bond acceptors (Lipinski definition) is 6. The number of amides is 2. The number of nitrogens with zero attached hydrogens (tertiary/aromatic N) is 3. The van der Waals surface area contributed by atoms with E-state index in [-0.39, 0.29) is 30.3 Å².